The Bertz CT molecular complexity index is 755. The van der Waals surface area contributed by atoms with Gasteiger partial charge in [-0.2, -0.15) is 0 Å². The lowest BCUT2D eigenvalue weighted by atomic mass is 10.1. The minimum atomic E-state index is -0.196. The van der Waals surface area contributed by atoms with E-state index in [1.807, 2.05) is 25.1 Å². The summed E-state index contributed by atoms with van der Waals surface area (Å²) >= 11 is 0. The Balaban J connectivity index is 1.71. The van der Waals surface area contributed by atoms with Gasteiger partial charge in [0, 0.05) is 24.2 Å². The van der Waals surface area contributed by atoms with Gasteiger partial charge in [0.2, 0.25) is 0 Å². The predicted molar refractivity (Wildman–Crippen MR) is 83.4 cm³/mol. The fraction of sp³-hybridized carbons (Fsp3) is 0.167. The first-order valence-corrected chi connectivity index (χ1v) is 7.05. The van der Waals surface area contributed by atoms with Crippen LogP contribution in [0.3, 0.4) is 0 Å². The SMILES string of the molecule is C[C@@H](NCc1ccc2ncccc2c1)c1cccc(F)c1. The summed E-state index contributed by atoms with van der Waals surface area (Å²) in [4.78, 5) is 4.31. The normalized spacial score (nSPS) is 12.5. The highest BCUT2D eigenvalue weighted by Crippen LogP contribution is 2.16. The number of nitrogens with zero attached hydrogens (tertiary/aromatic N) is 1. The molecule has 3 aromatic rings. The summed E-state index contributed by atoms with van der Waals surface area (Å²) in [7, 11) is 0. The van der Waals surface area contributed by atoms with Crippen molar-refractivity contribution in [1.29, 1.82) is 0 Å². The average molecular weight is 280 g/mol. The largest absolute Gasteiger partial charge is 0.306 e. The van der Waals surface area contributed by atoms with Crippen LogP contribution in [0.2, 0.25) is 0 Å². The highest BCUT2D eigenvalue weighted by atomic mass is 19.1. The zero-order valence-electron chi connectivity index (χ0n) is 11.9. The molecular weight excluding hydrogens is 263 g/mol. The van der Waals surface area contributed by atoms with E-state index < -0.39 is 0 Å². The summed E-state index contributed by atoms with van der Waals surface area (Å²) in [6, 6.07) is 17.0. The number of hydrogen-bond donors (Lipinski definition) is 1. The second kappa shape index (κ2) is 6.02. The summed E-state index contributed by atoms with van der Waals surface area (Å²) in [5, 5.41) is 4.55. The minimum absolute atomic E-state index is 0.102. The van der Waals surface area contributed by atoms with Gasteiger partial charge in [0.1, 0.15) is 5.82 Å². The zero-order chi connectivity index (χ0) is 14.7. The Labute approximate surface area is 123 Å². The molecule has 0 saturated heterocycles. The molecule has 3 rings (SSSR count). The van der Waals surface area contributed by atoms with Gasteiger partial charge in [-0.1, -0.05) is 24.3 Å². The van der Waals surface area contributed by atoms with Crippen LogP contribution >= 0.6 is 0 Å². The predicted octanol–water partition coefficient (Wildman–Crippen LogP) is 4.22. The van der Waals surface area contributed by atoms with Crippen LogP contribution < -0.4 is 5.32 Å². The van der Waals surface area contributed by atoms with Crippen LogP contribution in [0.5, 0.6) is 0 Å². The van der Waals surface area contributed by atoms with E-state index in [1.165, 1.54) is 11.6 Å². The van der Waals surface area contributed by atoms with Crippen molar-refractivity contribution in [2.45, 2.75) is 19.5 Å². The maximum absolute atomic E-state index is 13.2. The molecule has 0 aliphatic rings. The topological polar surface area (TPSA) is 24.9 Å². The minimum Gasteiger partial charge on any atom is -0.306 e. The smallest absolute Gasteiger partial charge is 0.123 e. The second-order valence-electron chi connectivity index (χ2n) is 5.19. The molecule has 3 heteroatoms. The monoisotopic (exact) mass is 280 g/mol. The molecule has 1 heterocycles. The summed E-state index contributed by atoms with van der Waals surface area (Å²) < 4.78 is 13.2. The van der Waals surface area contributed by atoms with Crippen molar-refractivity contribution >= 4 is 10.9 Å². The van der Waals surface area contributed by atoms with Crippen molar-refractivity contribution in [2.24, 2.45) is 0 Å². The van der Waals surface area contributed by atoms with Gasteiger partial charge >= 0.3 is 0 Å². The first-order chi connectivity index (χ1) is 10.2. The van der Waals surface area contributed by atoms with Crippen molar-refractivity contribution in [2.75, 3.05) is 0 Å². The molecule has 106 valence electrons. The lowest BCUT2D eigenvalue weighted by Crippen LogP contribution is -2.18. The van der Waals surface area contributed by atoms with Gasteiger partial charge in [-0.3, -0.25) is 4.98 Å². The van der Waals surface area contributed by atoms with Crippen LogP contribution in [0.1, 0.15) is 24.1 Å². The highest BCUT2D eigenvalue weighted by Gasteiger charge is 2.06. The Morgan fingerprint density at radius 2 is 2.00 bits per heavy atom. The number of aromatic nitrogens is 1. The molecule has 21 heavy (non-hydrogen) atoms. The third-order valence-electron chi connectivity index (χ3n) is 3.63. The molecular formula is C18H17FN2. The van der Waals surface area contributed by atoms with Gasteiger partial charge in [-0.25, -0.2) is 4.39 Å². The van der Waals surface area contributed by atoms with Crippen LogP contribution in [0, 0.1) is 5.82 Å². The number of pyridine rings is 1. The highest BCUT2D eigenvalue weighted by molar-refractivity contribution is 5.78. The summed E-state index contributed by atoms with van der Waals surface area (Å²) in [5.41, 5.74) is 3.15. The maximum atomic E-state index is 13.2. The molecule has 0 radical (unpaired) electrons. The van der Waals surface area contributed by atoms with E-state index in [0.717, 1.165) is 23.0 Å². The number of benzene rings is 2. The van der Waals surface area contributed by atoms with E-state index in [0.29, 0.717) is 0 Å². The maximum Gasteiger partial charge on any atom is 0.123 e. The molecule has 1 N–H and O–H groups in total. The van der Waals surface area contributed by atoms with Crippen molar-refractivity contribution in [1.82, 2.24) is 10.3 Å². The summed E-state index contributed by atoms with van der Waals surface area (Å²) in [6.07, 6.45) is 1.80. The number of fused-ring (bicyclic) bond motifs is 1. The van der Waals surface area contributed by atoms with Crippen molar-refractivity contribution in [3.05, 3.63) is 77.7 Å². The van der Waals surface area contributed by atoms with E-state index in [9.17, 15) is 4.39 Å². The van der Waals surface area contributed by atoms with E-state index >= 15 is 0 Å². The van der Waals surface area contributed by atoms with Crippen LogP contribution in [-0.2, 0) is 6.54 Å². The fourth-order valence-electron chi connectivity index (χ4n) is 2.40. The Morgan fingerprint density at radius 1 is 1.10 bits per heavy atom. The van der Waals surface area contributed by atoms with E-state index in [2.05, 4.69) is 28.5 Å². The summed E-state index contributed by atoms with van der Waals surface area (Å²) in [5.74, 6) is -0.196. The van der Waals surface area contributed by atoms with Gasteiger partial charge < -0.3 is 5.32 Å². The molecule has 0 fully saturated rings. The van der Waals surface area contributed by atoms with Crippen LogP contribution in [0.15, 0.2) is 60.8 Å². The van der Waals surface area contributed by atoms with Crippen molar-refractivity contribution < 1.29 is 4.39 Å². The first-order valence-electron chi connectivity index (χ1n) is 7.05. The van der Waals surface area contributed by atoms with E-state index in [4.69, 9.17) is 0 Å². The summed E-state index contributed by atoms with van der Waals surface area (Å²) in [6.45, 7) is 2.78. The van der Waals surface area contributed by atoms with E-state index in [1.54, 1.807) is 18.3 Å². The Hall–Kier alpha value is -2.26. The lowest BCUT2D eigenvalue weighted by molar-refractivity contribution is 0.565. The fourth-order valence-corrected chi connectivity index (χ4v) is 2.40. The van der Waals surface area contributed by atoms with Crippen LogP contribution in [0.4, 0.5) is 4.39 Å². The molecule has 2 aromatic carbocycles. The van der Waals surface area contributed by atoms with Crippen LogP contribution in [0.25, 0.3) is 10.9 Å². The molecule has 0 saturated carbocycles. The molecule has 1 aromatic heterocycles. The van der Waals surface area contributed by atoms with Crippen LogP contribution in [-0.4, -0.2) is 4.98 Å². The average Bonchev–Trinajstić information content (AvgIpc) is 2.52. The zero-order valence-corrected chi connectivity index (χ0v) is 11.9. The Kier molecular flexibility index (Phi) is 3.93. The first kappa shape index (κ1) is 13.7. The molecule has 0 bridgehead atoms. The van der Waals surface area contributed by atoms with Gasteiger partial charge in [0.05, 0.1) is 5.52 Å². The van der Waals surface area contributed by atoms with Gasteiger partial charge in [0.25, 0.3) is 0 Å². The molecule has 1 atom stereocenters. The number of hydrogen-bond acceptors (Lipinski definition) is 2. The molecule has 2 nitrogen and oxygen atoms in total. The van der Waals surface area contributed by atoms with Gasteiger partial charge in [-0.05, 0) is 48.4 Å². The standard InChI is InChI=1S/C18H17FN2/c1-13(15-4-2-6-17(19)11-15)21-12-14-7-8-18-16(10-14)5-3-9-20-18/h2-11,13,21H,12H2,1H3/t13-/m1/s1. The third kappa shape index (κ3) is 3.26. The number of nitrogens with one attached hydrogen (secondary N) is 1. The number of halogens is 1. The molecule has 0 amide bonds. The second-order valence-corrected chi connectivity index (χ2v) is 5.19. The quantitative estimate of drug-likeness (QED) is 0.773. The van der Waals surface area contributed by atoms with E-state index in [-0.39, 0.29) is 11.9 Å². The third-order valence-corrected chi connectivity index (χ3v) is 3.63. The molecule has 0 aliphatic carbocycles. The van der Waals surface area contributed by atoms with Gasteiger partial charge in [0.15, 0.2) is 0 Å². The molecule has 0 unspecified atom stereocenters. The molecule has 0 aliphatic heterocycles. The lowest BCUT2D eigenvalue weighted by Gasteiger charge is -2.14. The number of rotatable bonds is 4. The molecule has 0 spiro atoms. The van der Waals surface area contributed by atoms with Crippen molar-refractivity contribution in [3.8, 4) is 0 Å². The van der Waals surface area contributed by atoms with Gasteiger partial charge in [-0.15, -0.1) is 0 Å². The Morgan fingerprint density at radius 3 is 2.86 bits per heavy atom. The van der Waals surface area contributed by atoms with Crippen molar-refractivity contribution in [3.63, 3.8) is 0 Å².